The first-order valence-corrected chi connectivity index (χ1v) is 8.67. The quantitative estimate of drug-likeness (QED) is 0.876. The third kappa shape index (κ3) is 3.32. The van der Waals surface area contributed by atoms with E-state index in [1.54, 1.807) is 27.8 Å². The van der Waals surface area contributed by atoms with Gasteiger partial charge in [0.1, 0.15) is 5.75 Å². The first-order valence-electron chi connectivity index (χ1n) is 7.01. The molecule has 7 nitrogen and oxygen atoms in total. The summed E-state index contributed by atoms with van der Waals surface area (Å²) < 4.78 is 26.2. The SMILES string of the molecule is Cn1c(C2CCCN2)nnc1S(=O)(=O)CC(=O)C(C)(C)C. The van der Waals surface area contributed by atoms with Crippen LogP contribution in [-0.2, 0) is 21.7 Å². The highest BCUT2D eigenvalue weighted by Crippen LogP contribution is 2.24. The van der Waals surface area contributed by atoms with E-state index >= 15 is 0 Å². The molecule has 1 saturated heterocycles. The first-order chi connectivity index (χ1) is 9.63. The van der Waals surface area contributed by atoms with Crippen molar-refractivity contribution in [2.24, 2.45) is 12.5 Å². The van der Waals surface area contributed by atoms with Crippen LogP contribution in [0.5, 0.6) is 0 Å². The minimum atomic E-state index is -3.77. The van der Waals surface area contributed by atoms with Crippen LogP contribution in [0.25, 0.3) is 0 Å². The average Bonchev–Trinajstić information content (AvgIpc) is 2.95. The number of carbonyl (C=O) groups is 1. The highest BCUT2D eigenvalue weighted by molar-refractivity contribution is 7.92. The number of nitrogens with one attached hydrogen (secondary N) is 1. The molecule has 1 aliphatic rings. The van der Waals surface area contributed by atoms with Crippen molar-refractivity contribution in [3.8, 4) is 0 Å². The number of hydrogen-bond acceptors (Lipinski definition) is 6. The summed E-state index contributed by atoms with van der Waals surface area (Å²) >= 11 is 0. The molecule has 0 radical (unpaired) electrons. The Labute approximate surface area is 125 Å². The van der Waals surface area contributed by atoms with E-state index in [0.29, 0.717) is 5.82 Å². The second kappa shape index (κ2) is 5.49. The summed E-state index contributed by atoms with van der Waals surface area (Å²) in [6, 6.07) is 0.0322. The lowest BCUT2D eigenvalue weighted by Crippen LogP contribution is -2.29. The first kappa shape index (κ1) is 16.1. The van der Waals surface area contributed by atoms with Crippen molar-refractivity contribution in [3.05, 3.63) is 5.82 Å². The van der Waals surface area contributed by atoms with E-state index in [2.05, 4.69) is 15.5 Å². The van der Waals surface area contributed by atoms with Crippen molar-refractivity contribution < 1.29 is 13.2 Å². The number of sulfone groups is 1. The van der Waals surface area contributed by atoms with Crippen LogP contribution in [0, 0.1) is 5.41 Å². The Bertz CT molecular complexity index is 637. The fourth-order valence-corrected chi connectivity index (χ4v) is 3.84. The molecule has 0 aromatic carbocycles. The second-order valence-electron chi connectivity index (χ2n) is 6.48. The van der Waals surface area contributed by atoms with E-state index in [4.69, 9.17) is 0 Å². The van der Waals surface area contributed by atoms with Crippen molar-refractivity contribution in [1.82, 2.24) is 20.1 Å². The average molecular weight is 314 g/mol. The lowest BCUT2D eigenvalue weighted by atomic mass is 9.92. The third-order valence-electron chi connectivity index (χ3n) is 3.68. The molecule has 2 heterocycles. The molecular weight excluding hydrogens is 292 g/mol. The highest BCUT2D eigenvalue weighted by atomic mass is 32.2. The van der Waals surface area contributed by atoms with Gasteiger partial charge in [0.05, 0.1) is 6.04 Å². The zero-order chi connectivity index (χ0) is 15.8. The molecule has 1 N–H and O–H groups in total. The van der Waals surface area contributed by atoms with Gasteiger partial charge in [0.15, 0.2) is 11.6 Å². The molecule has 2 rings (SSSR count). The van der Waals surface area contributed by atoms with Crippen molar-refractivity contribution >= 4 is 15.6 Å². The summed E-state index contributed by atoms with van der Waals surface area (Å²) in [4.78, 5) is 12.0. The lowest BCUT2D eigenvalue weighted by molar-refractivity contribution is -0.123. The van der Waals surface area contributed by atoms with Crippen LogP contribution < -0.4 is 5.32 Å². The predicted molar refractivity (Wildman–Crippen MR) is 77.5 cm³/mol. The van der Waals surface area contributed by atoms with Crippen molar-refractivity contribution in [2.75, 3.05) is 12.3 Å². The van der Waals surface area contributed by atoms with E-state index in [1.807, 2.05) is 0 Å². The summed E-state index contributed by atoms with van der Waals surface area (Å²) in [6.07, 6.45) is 1.94. The Kier molecular flexibility index (Phi) is 4.21. The molecule has 8 heteroatoms. The minimum absolute atomic E-state index is 0.0322. The molecule has 1 fully saturated rings. The van der Waals surface area contributed by atoms with Gasteiger partial charge in [-0.3, -0.25) is 4.79 Å². The smallest absolute Gasteiger partial charge is 0.249 e. The Morgan fingerprint density at radius 1 is 1.38 bits per heavy atom. The Morgan fingerprint density at radius 3 is 2.57 bits per heavy atom. The van der Waals surface area contributed by atoms with E-state index in [-0.39, 0.29) is 17.0 Å². The van der Waals surface area contributed by atoms with Gasteiger partial charge in [0.2, 0.25) is 15.0 Å². The molecule has 0 aliphatic carbocycles. The van der Waals surface area contributed by atoms with Crippen LogP contribution in [0.4, 0.5) is 0 Å². The van der Waals surface area contributed by atoms with Gasteiger partial charge < -0.3 is 9.88 Å². The molecule has 0 amide bonds. The molecule has 0 bridgehead atoms. The second-order valence-corrected chi connectivity index (χ2v) is 8.36. The summed E-state index contributed by atoms with van der Waals surface area (Å²) in [7, 11) is -2.14. The normalized spacial score (nSPS) is 19.9. The fourth-order valence-electron chi connectivity index (χ4n) is 2.26. The van der Waals surface area contributed by atoms with Crippen LogP contribution >= 0.6 is 0 Å². The molecule has 1 aliphatic heterocycles. The molecule has 1 unspecified atom stereocenters. The highest BCUT2D eigenvalue weighted by Gasteiger charge is 2.32. The van der Waals surface area contributed by atoms with Gasteiger partial charge in [-0.15, -0.1) is 10.2 Å². The van der Waals surface area contributed by atoms with Crippen molar-refractivity contribution in [3.63, 3.8) is 0 Å². The van der Waals surface area contributed by atoms with Gasteiger partial charge in [-0.25, -0.2) is 8.42 Å². The van der Waals surface area contributed by atoms with Crippen molar-refractivity contribution in [2.45, 2.75) is 44.8 Å². The van der Waals surface area contributed by atoms with E-state index in [0.717, 1.165) is 19.4 Å². The van der Waals surface area contributed by atoms with Gasteiger partial charge in [0.25, 0.3) is 0 Å². The van der Waals surface area contributed by atoms with Gasteiger partial charge in [-0.2, -0.15) is 0 Å². The zero-order valence-electron chi connectivity index (χ0n) is 12.9. The lowest BCUT2D eigenvalue weighted by Gasteiger charge is -2.16. The Balaban J connectivity index is 2.27. The topological polar surface area (TPSA) is 93.9 Å². The molecule has 118 valence electrons. The standard InChI is InChI=1S/C13H22N4O3S/c1-13(2,3)10(18)8-21(19,20)12-16-15-11(17(12)4)9-6-5-7-14-9/h9,14H,5-8H2,1-4H3. The van der Waals surface area contributed by atoms with E-state index < -0.39 is 21.0 Å². The summed E-state index contributed by atoms with van der Waals surface area (Å²) in [5.74, 6) is -0.263. The van der Waals surface area contributed by atoms with Gasteiger partial charge in [-0.05, 0) is 19.4 Å². The van der Waals surface area contributed by atoms with Crippen LogP contribution in [0.1, 0.15) is 45.5 Å². The van der Waals surface area contributed by atoms with Crippen molar-refractivity contribution in [1.29, 1.82) is 0 Å². The molecule has 1 aromatic heterocycles. The monoisotopic (exact) mass is 314 g/mol. The maximum absolute atomic E-state index is 12.4. The maximum Gasteiger partial charge on any atom is 0.249 e. The number of aromatic nitrogens is 3. The third-order valence-corrected chi connectivity index (χ3v) is 5.23. The largest absolute Gasteiger partial charge is 0.307 e. The minimum Gasteiger partial charge on any atom is -0.307 e. The van der Waals surface area contributed by atoms with E-state index in [9.17, 15) is 13.2 Å². The number of rotatable bonds is 4. The van der Waals surface area contributed by atoms with Crippen LogP contribution in [-0.4, -0.2) is 41.3 Å². The molecular formula is C13H22N4O3S. The Hall–Kier alpha value is -1.28. The number of nitrogens with zero attached hydrogens (tertiary/aromatic N) is 3. The number of Topliss-reactive ketones (excluding diaryl/α,β-unsaturated/α-hetero) is 1. The van der Waals surface area contributed by atoms with Gasteiger partial charge in [0, 0.05) is 12.5 Å². The molecule has 0 spiro atoms. The zero-order valence-corrected chi connectivity index (χ0v) is 13.7. The predicted octanol–water partition coefficient (Wildman–Crippen LogP) is 0.628. The molecule has 21 heavy (non-hydrogen) atoms. The number of carbonyl (C=O) groups excluding carboxylic acids is 1. The van der Waals surface area contributed by atoms with Crippen LogP contribution in [0.3, 0.4) is 0 Å². The molecule has 1 atom stereocenters. The van der Waals surface area contributed by atoms with Gasteiger partial charge in [-0.1, -0.05) is 20.8 Å². The Morgan fingerprint density at radius 2 is 2.05 bits per heavy atom. The van der Waals surface area contributed by atoms with Gasteiger partial charge >= 0.3 is 0 Å². The number of hydrogen-bond donors (Lipinski definition) is 1. The molecule has 1 aromatic rings. The maximum atomic E-state index is 12.4. The summed E-state index contributed by atoms with van der Waals surface area (Å²) in [6.45, 7) is 6.00. The summed E-state index contributed by atoms with van der Waals surface area (Å²) in [5, 5.41) is 10.9. The number of ketones is 1. The van der Waals surface area contributed by atoms with Crippen LogP contribution in [0.2, 0.25) is 0 Å². The molecule has 0 saturated carbocycles. The van der Waals surface area contributed by atoms with Crippen LogP contribution in [0.15, 0.2) is 5.16 Å². The fraction of sp³-hybridized carbons (Fsp3) is 0.769. The van der Waals surface area contributed by atoms with E-state index in [1.165, 1.54) is 4.57 Å². The summed E-state index contributed by atoms with van der Waals surface area (Å²) in [5.41, 5.74) is -0.693.